The van der Waals surface area contributed by atoms with Crippen molar-refractivity contribution >= 4 is 50.2 Å². The zero-order chi connectivity index (χ0) is 28.0. The van der Waals surface area contributed by atoms with E-state index in [1.54, 1.807) is 30.7 Å². The summed E-state index contributed by atoms with van der Waals surface area (Å²) in [5, 5.41) is 97.9. The van der Waals surface area contributed by atoms with Gasteiger partial charge in [0.25, 0.3) is 0 Å². The van der Waals surface area contributed by atoms with Gasteiger partial charge in [-0.2, -0.15) is 0 Å². The van der Waals surface area contributed by atoms with Crippen LogP contribution in [0.2, 0.25) is 24.3 Å². The third kappa shape index (κ3) is 6.86. The molecule has 0 aromatic heterocycles. The van der Waals surface area contributed by atoms with Crippen molar-refractivity contribution in [1.82, 2.24) is 0 Å². The molecule has 0 amide bonds. The van der Waals surface area contributed by atoms with Gasteiger partial charge in [0.05, 0.1) is 0 Å². The molecular formula is C23H13BBi2N10. The van der Waals surface area contributed by atoms with Crippen LogP contribution < -0.4 is 0 Å². The van der Waals surface area contributed by atoms with Crippen molar-refractivity contribution in [2.45, 2.75) is 24.3 Å². The molecule has 0 bridgehead atoms. The minimum atomic E-state index is -2.80. The van der Waals surface area contributed by atoms with Gasteiger partial charge in [0.2, 0.25) is 0 Å². The van der Waals surface area contributed by atoms with Crippen LogP contribution in [0.4, 0.5) is 0 Å². The molecule has 0 aliphatic carbocycles. The summed E-state index contributed by atoms with van der Waals surface area (Å²) in [7, 11) is 0. The fourth-order valence-corrected chi connectivity index (χ4v) is 9.92. The zero-order valence-electron chi connectivity index (χ0n) is 19.5. The van der Waals surface area contributed by atoms with Crippen molar-refractivity contribution in [2.24, 2.45) is 0 Å². The Bertz CT molecular complexity index is 1360. The van der Waals surface area contributed by atoms with Crippen molar-refractivity contribution in [1.29, 1.82) is 52.6 Å². The van der Waals surface area contributed by atoms with Crippen molar-refractivity contribution in [3.8, 4) is 60.7 Å². The second-order valence-electron chi connectivity index (χ2n) is 6.96. The predicted molar refractivity (Wildman–Crippen MR) is 129 cm³/mol. The Labute approximate surface area is 226 Å². The van der Waals surface area contributed by atoms with Crippen molar-refractivity contribution in [3.63, 3.8) is 0 Å². The number of nitriles is 10. The van der Waals surface area contributed by atoms with E-state index in [1.165, 1.54) is 24.3 Å². The number of rotatable bonds is 7. The van der Waals surface area contributed by atoms with Crippen molar-refractivity contribution < 1.29 is 0 Å². The van der Waals surface area contributed by atoms with E-state index in [0.29, 0.717) is 0 Å². The van der Waals surface area contributed by atoms with E-state index in [0.717, 1.165) is 0 Å². The van der Waals surface area contributed by atoms with E-state index in [-0.39, 0.29) is 17.5 Å². The Morgan fingerprint density at radius 2 is 0.778 bits per heavy atom. The summed E-state index contributed by atoms with van der Waals surface area (Å²) in [6.07, 6.45) is 0. The Hall–Kier alpha value is -4.31. The van der Waals surface area contributed by atoms with Crippen LogP contribution >= 0.6 is 0 Å². The fraction of sp³-hybridized carbons (Fsp3) is 0.217. The summed E-state index contributed by atoms with van der Waals surface area (Å²) in [5.74, 6) is -1.78. The Kier molecular flexibility index (Phi) is 13.7. The van der Waals surface area contributed by atoms with Crippen LogP contribution in [0.5, 0.6) is 0 Å². The molecule has 0 atom stereocenters. The Morgan fingerprint density at radius 3 is 0.944 bits per heavy atom. The van der Waals surface area contributed by atoms with Crippen LogP contribution in [-0.2, 0) is 0 Å². The van der Waals surface area contributed by atoms with Gasteiger partial charge in [-0.3, -0.25) is 0 Å². The van der Waals surface area contributed by atoms with E-state index in [1.807, 2.05) is 24.3 Å². The average molecular weight is 858 g/mol. The van der Waals surface area contributed by atoms with Crippen LogP contribution in [0.25, 0.3) is 0 Å². The second kappa shape index (κ2) is 15.6. The topological polar surface area (TPSA) is 238 Å². The van der Waals surface area contributed by atoms with E-state index in [4.69, 9.17) is 0 Å². The first-order valence-electron chi connectivity index (χ1n) is 9.46. The molecule has 0 radical (unpaired) electrons. The van der Waals surface area contributed by atoms with Gasteiger partial charge in [-0.25, -0.2) is 0 Å². The molecule has 10 nitrogen and oxygen atoms in total. The van der Waals surface area contributed by atoms with Gasteiger partial charge in [-0.05, 0) is 0 Å². The van der Waals surface area contributed by atoms with E-state index in [9.17, 15) is 52.6 Å². The van der Waals surface area contributed by atoms with Crippen LogP contribution in [-0.4, -0.2) is 50.2 Å². The van der Waals surface area contributed by atoms with Crippen molar-refractivity contribution in [2.75, 3.05) is 0 Å². The molecule has 0 N–H and O–H groups in total. The Morgan fingerprint density at radius 1 is 0.472 bits per heavy atom. The molecule has 0 aliphatic heterocycles. The first-order valence-corrected chi connectivity index (χ1v) is 26.8. The van der Waals surface area contributed by atoms with Crippen LogP contribution in [0.3, 0.4) is 0 Å². The van der Waals surface area contributed by atoms with E-state index in [2.05, 4.69) is 0 Å². The Balaban J connectivity index is 8.88. The van der Waals surface area contributed by atoms with Gasteiger partial charge in [-0.15, -0.1) is 0 Å². The average Bonchev–Trinajstić information content (AvgIpc) is 2.87. The molecule has 0 saturated carbocycles. The summed E-state index contributed by atoms with van der Waals surface area (Å²) in [5.41, 5.74) is -3.41. The monoisotopic (exact) mass is 858 g/mol. The van der Waals surface area contributed by atoms with Gasteiger partial charge >= 0.3 is 228 Å². The van der Waals surface area contributed by atoms with Crippen LogP contribution in [0.1, 0.15) is 0 Å². The molecule has 0 saturated heterocycles. The standard InChI is InChI=1S/C19HBN10.4CH3.2Bi/c21-3-1-15(9-27)20(16(10-28)2-4-22)19(17(11-29)13(5-23)6-24)18(12-30)14(7-25)8-26;;;;;;/h19H;4*1H3;;. The second-order valence-corrected chi connectivity index (χ2v) is 24.3. The molecule has 0 spiro atoms. The molecule has 13 heteroatoms. The van der Waals surface area contributed by atoms with Crippen molar-refractivity contribution in [3.05, 3.63) is 39.8 Å². The molecule has 0 aliphatic rings. The normalized spacial score (nSPS) is 10.5. The zero-order valence-corrected chi connectivity index (χ0v) is 26.5. The fourth-order valence-electron chi connectivity index (χ4n) is 3.15. The molecule has 0 aromatic rings. The number of hydrogen-bond donors (Lipinski definition) is 0. The summed E-state index contributed by atoms with van der Waals surface area (Å²) >= 11 is -5.60. The molecule has 0 unspecified atom stereocenters. The predicted octanol–water partition coefficient (Wildman–Crippen LogP) is 2.94. The van der Waals surface area contributed by atoms with E-state index < -0.39 is 78.3 Å². The van der Waals surface area contributed by atoms with Crippen LogP contribution in [0, 0.1) is 113 Å². The molecule has 0 heterocycles. The SMILES string of the molecule is [CH3][Bi]([CH3])[C](C#N)=C(C#N)B(C(C#N)=[C](C#N)[Bi]([CH3])[CH3])C(C(C#N)=C(C#N)C#N)C(C#N)=C(C#N)C#N. The van der Waals surface area contributed by atoms with Gasteiger partial charge in [0.15, 0.2) is 0 Å². The van der Waals surface area contributed by atoms with Gasteiger partial charge in [0, 0.05) is 0 Å². The number of hydrogen-bond acceptors (Lipinski definition) is 10. The van der Waals surface area contributed by atoms with Gasteiger partial charge in [0.1, 0.15) is 0 Å². The number of nitrogens with zero attached hydrogens (tertiary/aromatic N) is 10. The van der Waals surface area contributed by atoms with Gasteiger partial charge in [-0.1, -0.05) is 0 Å². The first kappa shape index (κ1) is 31.7. The summed E-state index contributed by atoms with van der Waals surface area (Å²) in [6, 6.07) is 17.2. The maximum absolute atomic E-state index is 10.2. The molecule has 0 aromatic carbocycles. The summed E-state index contributed by atoms with van der Waals surface area (Å²) in [4.78, 5) is 0. The summed E-state index contributed by atoms with van der Waals surface area (Å²) < 4.78 is 7.29. The summed E-state index contributed by atoms with van der Waals surface area (Å²) in [6.45, 7) is -1.61. The third-order valence-corrected chi connectivity index (χ3v) is 14.3. The molecule has 0 fully saturated rings. The molecular weight excluding hydrogens is 845 g/mol. The maximum atomic E-state index is 10.2. The quantitative estimate of drug-likeness (QED) is 0.268. The van der Waals surface area contributed by atoms with E-state index >= 15 is 0 Å². The van der Waals surface area contributed by atoms with Gasteiger partial charge < -0.3 is 0 Å². The number of allylic oxidation sites excluding steroid dienone is 8. The van der Waals surface area contributed by atoms with Crippen LogP contribution in [0.15, 0.2) is 39.8 Å². The third-order valence-electron chi connectivity index (χ3n) is 4.66. The molecule has 168 valence electrons. The minimum absolute atomic E-state index is 0.0752. The first-order chi connectivity index (χ1) is 17.1. The molecule has 36 heavy (non-hydrogen) atoms. The molecule has 0 rings (SSSR count).